The maximum atomic E-state index is 5.58. The largest absolute Gasteiger partial charge is 0.330 e. The Bertz CT molecular complexity index is 268. The first-order valence-corrected chi connectivity index (χ1v) is 6.77. The fourth-order valence-electron chi connectivity index (χ4n) is 1.32. The van der Waals surface area contributed by atoms with Crippen LogP contribution in [0.4, 0.5) is 0 Å². The molecule has 1 aromatic carbocycles. The first-order chi connectivity index (χ1) is 7.26. The highest BCUT2D eigenvalue weighted by Gasteiger charge is 1.99. The summed E-state index contributed by atoms with van der Waals surface area (Å²) in [5.41, 5.74) is 8.41. The number of benzene rings is 1. The third kappa shape index (κ3) is 4.72. The Balaban J connectivity index is 2.31. The highest BCUT2D eigenvalue weighted by atomic mass is 32.2. The summed E-state index contributed by atoms with van der Waals surface area (Å²) in [6.45, 7) is 5.18. The van der Waals surface area contributed by atoms with Crippen LogP contribution in [0.1, 0.15) is 25.0 Å². The van der Waals surface area contributed by atoms with E-state index in [0.717, 1.165) is 24.5 Å². The van der Waals surface area contributed by atoms with E-state index in [9.17, 15) is 0 Å². The zero-order valence-electron chi connectivity index (χ0n) is 9.70. The maximum Gasteiger partial charge on any atom is 0.0184 e. The molecule has 0 radical (unpaired) electrons. The second-order valence-electron chi connectivity index (χ2n) is 4.03. The molecule has 0 fully saturated rings. The third-order valence-corrected chi connectivity index (χ3v) is 3.85. The fraction of sp³-hybridized carbons (Fsp3) is 0.538. The van der Waals surface area contributed by atoms with E-state index in [1.54, 1.807) is 0 Å². The lowest BCUT2D eigenvalue weighted by Gasteiger charge is -2.07. The van der Waals surface area contributed by atoms with Crippen LogP contribution in [0.5, 0.6) is 0 Å². The van der Waals surface area contributed by atoms with Gasteiger partial charge in [0.2, 0.25) is 0 Å². The van der Waals surface area contributed by atoms with Crippen LogP contribution in [0, 0.1) is 5.92 Å². The Morgan fingerprint density at radius 2 is 1.80 bits per heavy atom. The van der Waals surface area contributed by atoms with Gasteiger partial charge < -0.3 is 5.73 Å². The molecule has 0 aliphatic carbocycles. The number of aryl methyl sites for hydroxylation is 1. The van der Waals surface area contributed by atoms with Crippen LogP contribution in [0.2, 0.25) is 0 Å². The average Bonchev–Trinajstić information content (AvgIpc) is 2.29. The van der Waals surface area contributed by atoms with Gasteiger partial charge in [-0.25, -0.2) is 0 Å². The molecule has 0 aliphatic heterocycles. The van der Waals surface area contributed by atoms with Crippen LogP contribution in [0.25, 0.3) is 0 Å². The molecule has 84 valence electrons. The van der Waals surface area contributed by atoms with Crippen molar-refractivity contribution in [3.05, 3.63) is 35.4 Å². The van der Waals surface area contributed by atoms with E-state index in [-0.39, 0.29) is 0 Å². The van der Waals surface area contributed by atoms with Crippen molar-refractivity contribution in [1.29, 1.82) is 0 Å². The van der Waals surface area contributed by atoms with Crippen LogP contribution < -0.4 is 5.73 Å². The topological polar surface area (TPSA) is 26.0 Å². The molecule has 1 aromatic rings. The summed E-state index contributed by atoms with van der Waals surface area (Å²) >= 11 is 1.97. The SMILES string of the molecule is CCc1ccc(CSCC(C)CN)cc1. The van der Waals surface area contributed by atoms with Gasteiger partial charge >= 0.3 is 0 Å². The van der Waals surface area contributed by atoms with Gasteiger partial charge in [-0.2, -0.15) is 11.8 Å². The molecular weight excluding hydrogens is 202 g/mol. The van der Waals surface area contributed by atoms with E-state index in [4.69, 9.17) is 5.73 Å². The second-order valence-corrected chi connectivity index (χ2v) is 5.06. The van der Waals surface area contributed by atoms with Crippen LogP contribution in [0.15, 0.2) is 24.3 Å². The van der Waals surface area contributed by atoms with E-state index in [0.29, 0.717) is 5.92 Å². The highest BCUT2D eigenvalue weighted by Crippen LogP contribution is 2.15. The second kappa shape index (κ2) is 6.91. The first-order valence-electron chi connectivity index (χ1n) is 5.62. The van der Waals surface area contributed by atoms with Crippen molar-refractivity contribution in [3.63, 3.8) is 0 Å². The van der Waals surface area contributed by atoms with Crippen LogP contribution in [-0.4, -0.2) is 12.3 Å². The highest BCUT2D eigenvalue weighted by molar-refractivity contribution is 7.98. The van der Waals surface area contributed by atoms with Gasteiger partial charge in [-0.3, -0.25) is 0 Å². The third-order valence-electron chi connectivity index (χ3n) is 2.50. The molecule has 0 spiro atoms. The van der Waals surface area contributed by atoms with Crippen LogP contribution in [-0.2, 0) is 12.2 Å². The quantitative estimate of drug-likeness (QED) is 0.802. The first kappa shape index (κ1) is 12.6. The maximum absolute atomic E-state index is 5.58. The Kier molecular flexibility index (Phi) is 5.81. The zero-order chi connectivity index (χ0) is 11.1. The molecule has 1 atom stereocenters. The zero-order valence-corrected chi connectivity index (χ0v) is 10.5. The van der Waals surface area contributed by atoms with Crippen molar-refractivity contribution in [2.45, 2.75) is 26.0 Å². The molecular formula is C13H21NS. The van der Waals surface area contributed by atoms with Gasteiger partial charge in [-0.15, -0.1) is 0 Å². The molecule has 1 nitrogen and oxygen atoms in total. The summed E-state index contributed by atoms with van der Waals surface area (Å²) in [4.78, 5) is 0. The molecule has 0 bridgehead atoms. The predicted octanol–water partition coefficient (Wildman–Crippen LogP) is 3.08. The van der Waals surface area contributed by atoms with Gasteiger partial charge in [0.15, 0.2) is 0 Å². The molecule has 1 unspecified atom stereocenters. The van der Waals surface area contributed by atoms with Crippen molar-refractivity contribution < 1.29 is 0 Å². The number of hydrogen-bond acceptors (Lipinski definition) is 2. The molecule has 0 saturated carbocycles. The summed E-state index contributed by atoms with van der Waals surface area (Å²) in [5.74, 6) is 2.89. The molecule has 0 aliphatic rings. The minimum absolute atomic E-state index is 0.630. The molecule has 2 heteroatoms. The lowest BCUT2D eigenvalue weighted by molar-refractivity contribution is 0.675. The number of thioether (sulfide) groups is 1. The summed E-state index contributed by atoms with van der Waals surface area (Å²) in [5, 5.41) is 0. The number of hydrogen-bond donors (Lipinski definition) is 1. The molecule has 0 heterocycles. The lowest BCUT2D eigenvalue weighted by Crippen LogP contribution is -2.12. The minimum Gasteiger partial charge on any atom is -0.330 e. The molecule has 15 heavy (non-hydrogen) atoms. The van der Waals surface area contributed by atoms with Crippen LogP contribution >= 0.6 is 11.8 Å². The van der Waals surface area contributed by atoms with Gasteiger partial charge in [0, 0.05) is 5.75 Å². The number of rotatable bonds is 6. The normalized spacial score (nSPS) is 12.7. The average molecular weight is 223 g/mol. The van der Waals surface area contributed by atoms with Gasteiger partial charge in [0.1, 0.15) is 0 Å². The Morgan fingerprint density at radius 3 is 2.33 bits per heavy atom. The summed E-state index contributed by atoms with van der Waals surface area (Å²) in [7, 11) is 0. The molecule has 0 saturated heterocycles. The van der Waals surface area contributed by atoms with Gasteiger partial charge in [0.05, 0.1) is 0 Å². The molecule has 0 amide bonds. The van der Waals surface area contributed by atoms with Crippen molar-refractivity contribution in [3.8, 4) is 0 Å². The van der Waals surface area contributed by atoms with E-state index in [1.807, 2.05) is 11.8 Å². The Morgan fingerprint density at radius 1 is 1.20 bits per heavy atom. The van der Waals surface area contributed by atoms with E-state index in [2.05, 4.69) is 38.1 Å². The molecule has 1 rings (SSSR count). The smallest absolute Gasteiger partial charge is 0.0184 e. The van der Waals surface area contributed by atoms with E-state index < -0.39 is 0 Å². The Hall–Kier alpha value is -0.470. The summed E-state index contributed by atoms with van der Waals surface area (Å²) in [6.07, 6.45) is 1.12. The molecule has 2 N–H and O–H groups in total. The summed E-state index contributed by atoms with van der Waals surface area (Å²) in [6, 6.07) is 8.92. The van der Waals surface area contributed by atoms with Gasteiger partial charge in [-0.05, 0) is 35.8 Å². The minimum atomic E-state index is 0.630. The summed E-state index contributed by atoms with van der Waals surface area (Å²) < 4.78 is 0. The van der Waals surface area contributed by atoms with Gasteiger partial charge in [-0.1, -0.05) is 38.1 Å². The van der Waals surface area contributed by atoms with Crippen molar-refractivity contribution in [1.82, 2.24) is 0 Å². The number of nitrogens with two attached hydrogens (primary N) is 1. The predicted molar refractivity (Wildman–Crippen MR) is 70.2 cm³/mol. The van der Waals surface area contributed by atoms with Crippen molar-refractivity contribution in [2.24, 2.45) is 11.7 Å². The van der Waals surface area contributed by atoms with Crippen LogP contribution in [0.3, 0.4) is 0 Å². The lowest BCUT2D eigenvalue weighted by atomic mass is 10.1. The Labute approximate surface area is 97.4 Å². The molecule has 0 aromatic heterocycles. The van der Waals surface area contributed by atoms with E-state index in [1.165, 1.54) is 11.1 Å². The van der Waals surface area contributed by atoms with E-state index >= 15 is 0 Å². The van der Waals surface area contributed by atoms with Crippen molar-refractivity contribution in [2.75, 3.05) is 12.3 Å². The fourth-order valence-corrected chi connectivity index (χ4v) is 2.40. The van der Waals surface area contributed by atoms with Gasteiger partial charge in [0.25, 0.3) is 0 Å². The standard InChI is InChI=1S/C13H21NS/c1-3-12-4-6-13(7-5-12)10-15-9-11(2)8-14/h4-7,11H,3,8-10,14H2,1-2H3. The monoisotopic (exact) mass is 223 g/mol. The van der Waals surface area contributed by atoms with Crippen molar-refractivity contribution >= 4 is 11.8 Å².